The SMILES string of the molecule is CC1C2C=CC(C2)C1(C)C.CC1C2C=CC(C2)C1C. The summed E-state index contributed by atoms with van der Waals surface area (Å²) in [6.07, 6.45) is 12.5. The first kappa shape index (κ1) is 13.5. The predicted octanol–water partition coefficient (Wildman–Crippen LogP) is 5.32. The van der Waals surface area contributed by atoms with Gasteiger partial charge in [-0.05, 0) is 59.7 Å². The van der Waals surface area contributed by atoms with E-state index in [0.717, 1.165) is 41.4 Å². The zero-order valence-electron chi connectivity index (χ0n) is 13.3. The number of rotatable bonds is 0. The fourth-order valence-electron chi connectivity index (χ4n) is 4.86. The number of fused-ring (bicyclic) bond motifs is 4. The van der Waals surface area contributed by atoms with Crippen LogP contribution < -0.4 is 0 Å². The second kappa shape index (κ2) is 4.50. The molecule has 0 nitrogen and oxygen atoms in total. The largest absolute Gasteiger partial charge is 0.0848 e. The lowest BCUT2D eigenvalue weighted by Crippen LogP contribution is -2.25. The molecule has 0 saturated heterocycles. The standard InChI is InChI=1S/C10H16.C9H14/c1-7-8-4-5-9(6-8)10(7,2)3;1-6-7(2)9-4-3-8(6)5-9/h4-5,7-9H,6H2,1-3H3;3-4,6-9H,5H2,1-2H3. The van der Waals surface area contributed by atoms with Crippen LogP contribution in [0.1, 0.15) is 47.5 Å². The molecule has 2 saturated carbocycles. The Morgan fingerprint density at radius 2 is 1.26 bits per heavy atom. The Morgan fingerprint density at radius 1 is 0.737 bits per heavy atom. The van der Waals surface area contributed by atoms with Crippen molar-refractivity contribution in [1.29, 1.82) is 0 Å². The van der Waals surface area contributed by atoms with E-state index in [1.165, 1.54) is 12.8 Å². The van der Waals surface area contributed by atoms with Crippen LogP contribution in [0, 0.1) is 46.8 Å². The Kier molecular flexibility index (Phi) is 3.19. The van der Waals surface area contributed by atoms with E-state index in [-0.39, 0.29) is 0 Å². The summed E-state index contributed by atoms with van der Waals surface area (Å²) in [5.74, 6) is 6.48. The minimum atomic E-state index is 0.583. The van der Waals surface area contributed by atoms with Crippen molar-refractivity contribution >= 4 is 0 Å². The zero-order valence-corrected chi connectivity index (χ0v) is 13.3. The van der Waals surface area contributed by atoms with Crippen molar-refractivity contribution in [3.8, 4) is 0 Å². The highest BCUT2D eigenvalue weighted by atomic mass is 14.5. The van der Waals surface area contributed by atoms with Crippen LogP contribution in [0.2, 0.25) is 0 Å². The van der Waals surface area contributed by atoms with Gasteiger partial charge >= 0.3 is 0 Å². The molecule has 4 aliphatic carbocycles. The molecule has 4 aliphatic rings. The minimum Gasteiger partial charge on any atom is -0.0848 e. The number of hydrogen-bond donors (Lipinski definition) is 0. The fourth-order valence-corrected chi connectivity index (χ4v) is 4.86. The summed E-state index contributed by atoms with van der Waals surface area (Å²) in [5.41, 5.74) is 0.583. The molecule has 0 aromatic rings. The van der Waals surface area contributed by atoms with Gasteiger partial charge in [0.05, 0.1) is 0 Å². The molecule has 7 atom stereocenters. The van der Waals surface area contributed by atoms with Crippen LogP contribution in [-0.2, 0) is 0 Å². The van der Waals surface area contributed by atoms with Gasteiger partial charge in [-0.2, -0.15) is 0 Å². The monoisotopic (exact) mass is 258 g/mol. The van der Waals surface area contributed by atoms with Gasteiger partial charge in [0.2, 0.25) is 0 Å². The first-order valence-corrected chi connectivity index (χ1v) is 8.28. The summed E-state index contributed by atoms with van der Waals surface area (Å²) in [4.78, 5) is 0. The van der Waals surface area contributed by atoms with Crippen molar-refractivity contribution < 1.29 is 0 Å². The van der Waals surface area contributed by atoms with E-state index in [9.17, 15) is 0 Å². The van der Waals surface area contributed by atoms with Crippen LogP contribution in [0.25, 0.3) is 0 Å². The molecule has 4 rings (SSSR count). The first-order chi connectivity index (χ1) is 8.91. The van der Waals surface area contributed by atoms with Gasteiger partial charge in [-0.25, -0.2) is 0 Å². The van der Waals surface area contributed by atoms with Crippen LogP contribution in [0.3, 0.4) is 0 Å². The normalized spacial score (nSPS) is 51.5. The van der Waals surface area contributed by atoms with Crippen molar-refractivity contribution in [3.63, 3.8) is 0 Å². The molecule has 0 aromatic carbocycles. The van der Waals surface area contributed by atoms with E-state index in [0.29, 0.717) is 5.41 Å². The van der Waals surface area contributed by atoms with Gasteiger partial charge in [0, 0.05) is 0 Å². The van der Waals surface area contributed by atoms with Crippen molar-refractivity contribution in [1.82, 2.24) is 0 Å². The summed E-state index contributed by atoms with van der Waals surface area (Å²) in [7, 11) is 0. The van der Waals surface area contributed by atoms with E-state index in [4.69, 9.17) is 0 Å². The van der Waals surface area contributed by atoms with Crippen molar-refractivity contribution in [3.05, 3.63) is 24.3 Å². The summed E-state index contributed by atoms with van der Waals surface area (Å²) in [6, 6.07) is 0. The van der Waals surface area contributed by atoms with E-state index in [1.54, 1.807) is 0 Å². The Hall–Kier alpha value is -0.520. The molecule has 7 unspecified atom stereocenters. The lowest BCUT2D eigenvalue weighted by Gasteiger charge is -2.32. The third-order valence-electron chi connectivity index (χ3n) is 7.22. The van der Waals surface area contributed by atoms with Gasteiger partial charge in [-0.15, -0.1) is 0 Å². The molecule has 0 N–H and O–H groups in total. The van der Waals surface area contributed by atoms with Crippen LogP contribution >= 0.6 is 0 Å². The van der Waals surface area contributed by atoms with Crippen LogP contribution in [0.15, 0.2) is 24.3 Å². The molecule has 19 heavy (non-hydrogen) atoms. The predicted molar refractivity (Wildman–Crippen MR) is 82.7 cm³/mol. The topological polar surface area (TPSA) is 0 Å². The summed E-state index contributed by atoms with van der Waals surface area (Å²) >= 11 is 0. The molecule has 4 bridgehead atoms. The second-order valence-electron chi connectivity index (χ2n) is 8.17. The third kappa shape index (κ3) is 2.03. The van der Waals surface area contributed by atoms with Gasteiger partial charge in [0.15, 0.2) is 0 Å². The molecule has 0 heterocycles. The third-order valence-corrected chi connectivity index (χ3v) is 7.22. The smallest absolute Gasteiger partial charge is 0.0174 e. The maximum atomic E-state index is 2.42. The molecule has 0 aromatic heterocycles. The molecule has 0 radical (unpaired) electrons. The fraction of sp³-hybridized carbons (Fsp3) is 0.789. The number of allylic oxidation sites excluding steroid dienone is 4. The zero-order chi connectivity index (χ0) is 13.8. The Labute approximate surface area is 119 Å². The first-order valence-electron chi connectivity index (χ1n) is 8.28. The maximum Gasteiger partial charge on any atom is -0.0174 e. The average molecular weight is 258 g/mol. The number of hydrogen-bond acceptors (Lipinski definition) is 0. The highest BCUT2D eigenvalue weighted by Gasteiger charge is 2.47. The molecule has 0 amide bonds. The van der Waals surface area contributed by atoms with Crippen molar-refractivity contribution in [2.45, 2.75) is 47.5 Å². The molecule has 0 spiro atoms. The maximum absolute atomic E-state index is 2.42. The Balaban J connectivity index is 0.000000117. The van der Waals surface area contributed by atoms with Crippen LogP contribution in [0.4, 0.5) is 0 Å². The van der Waals surface area contributed by atoms with Crippen molar-refractivity contribution in [2.24, 2.45) is 46.8 Å². The molecule has 0 aliphatic heterocycles. The van der Waals surface area contributed by atoms with Crippen LogP contribution in [0.5, 0.6) is 0 Å². The second-order valence-corrected chi connectivity index (χ2v) is 8.17. The molecular weight excluding hydrogens is 228 g/mol. The summed E-state index contributed by atoms with van der Waals surface area (Å²) in [6.45, 7) is 12.0. The van der Waals surface area contributed by atoms with Crippen molar-refractivity contribution in [2.75, 3.05) is 0 Å². The van der Waals surface area contributed by atoms with Gasteiger partial charge < -0.3 is 0 Å². The van der Waals surface area contributed by atoms with Gasteiger partial charge in [-0.3, -0.25) is 0 Å². The van der Waals surface area contributed by atoms with Crippen LogP contribution in [-0.4, -0.2) is 0 Å². The quantitative estimate of drug-likeness (QED) is 0.516. The van der Waals surface area contributed by atoms with Gasteiger partial charge in [0.1, 0.15) is 0 Å². The lowest BCUT2D eigenvalue weighted by molar-refractivity contribution is 0.209. The van der Waals surface area contributed by atoms with E-state index in [1.807, 2.05) is 0 Å². The highest BCUT2D eigenvalue weighted by Crippen LogP contribution is 2.55. The summed E-state index contributed by atoms with van der Waals surface area (Å²) in [5, 5.41) is 0. The molecule has 2 fully saturated rings. The lowest BCUT2D eigenvalue weighted by atomic mass is 9.72. The Morgan fingerprint density at radius 3 is 1.53 bits per heavy atom. The van der Waals surface area contributed by atoms with E-state index < -0.39 is 0 Å². The van der Waals surface area contributed by atoms with E-state index >= 15 is 0 Å². The Bertz CT molecular complexity index is 384. The van der Waals surface area contributed by atoms with Gasteiger partial charge in [-0.1, -0.05) is 58.9 Å². The molecule has 106 valence electrons. The highest BCUT2D eigenvalue weighted by molar-refractivity contribution is 5.15. The molecule has 0 heteroatoms. The molecular formula is C19H30. The minimum absolute atomic E-state index is 0.583. The average Bonchev–Trinajstić information content (AvgIpc) is 3.10. The van der Waals surface area contributed by atoms with E-state index in [2.05, 4.69) is 58.9 Å². The van der Waals surface area contributed by atoms with Gasteiger partial charge in [0.25, 0.3) is 0 Å². The summed E-state index contributed by atoms with van der Waals surface area (Å²) < 4.78 is 0.